The van der Waals surface area contributed by atoms with Crippen molar-refractivity contribution in [3.05, 3.63) is 66.5 Å². The molecule has 1 amide bonds. The summed E-state index contributed by atoms with van der Waals surface area (Å²) in [5.74, 6) is 0.174. The maximum absolute atomic E-state index is 13.6. The first-order valence-corrected chi connectivity index (χ1v) is 11.7. The quantitative estimate of drug-likeness (QED) is 0.449. The van der Waals surface area contributed by atoms with Crippen molar-refractivity contribution in [2.45, 2.75) is 4.90 Å². The zero-order chi connectivity index (χ0) is 25.6. The summed E-state index contributed by atoms with van der Waals surface area (Å²) in [6.07, 6.45) is 0. The lowest BCUT2D eigenvalue weighted by Crippen LogP contribution is -2.38. The van der Waals surface area contributed by atoms with Crippen LogP contribution in [0, 0.1) is 5.82 Å². The summed E-state index contributed by atoms with van der Waals surface area (Å²) >= 11 is 0. The van der Waals surface area contributed by atoms with Crippen molar-refractivity contribution >= 4 is 27.3 Å². The lowest BCUT2D eigenvalue weighted by Gasteiger charge is -2.24. The lowest BCUT2D eigenvalue weighted by atomic mass is 10.2. The summed E-state index contributed by atoms with van der Waals surface area (Å²) in [5.41, 5.74) is 0.416. The van der Waals surface area contributed by atoms with Gasteiger partial charge in [-0.15, -0.1) is 0 Å². The number of benzene rings is 3. The van der Waals surface area contributed by atoms with Gasteiger partial charge in [0, 0.05) is 12.1 Å². The minimum atomic E-state index is -4.28. The van der Waals surface area contributed by atoms with Gasteiger partial charge in [0.1, 0.15) is 23.9 Å². The van der Waals surface area contributed by atoms with Gasteiger partial charge in [0.25, 0.3) is 10.0 Å². The van der Waals surface area contributed by atoms with Crippen LogP contribution in [0.4, 0.5) is 15.8 Å². The van der Waals surface area contributed by atoms with Crippen LogP contribution in [0.1, 0.15) is 0 Å². The van der Waals surface area contributed by atoms with Crippen LogP contribution in [0.15, 0.2) is 65.6 Å². The van der Waals surface area contributed by atoms with Gasteiger partial charge in [0.05, 0.1) is 44.7 Å². The highest BCUT2D eigenvalue weighted by Crippen LogP contribution is 2.33. The second kappa shape index (κ2) is 11.0. The first kappa shape index (κ1) is 25.6. The summed E-state index contributed by atoms with van der Waals surface area (Å²) in [6.45, 7) is -0.600. The standard InChI is InChI=1S/C24H25FN2O7S/c1-31-18-9-11-20(22(13-18)33-3)26-24(28)15-27(17-7-5-16(25)6-8-17)35(29,30)19-10-12-21(32-2)23(14-19)34-4/h5-14H,15H2,1-4H3,(H,26,28). The number of hydrogen-bond acceptors (Lipinski definition) is 7. The molecule has 0 heterocycles. The average molecular weight is 505 g/mol. The van der Waals surface area contributed by atoms with Crippen LogP contribution in [0.25, 0.3) is 0 Å². The molecule has 0 spiro atoms. The van der Waals surface area contributed by atoms with E-state index in [0.717, 1.165) is 16.4 Å². The second-order valence-electron chi connectivity index (χ2n) is 7.12. The Morgan fingerprint density at radius 3 is 2.09 bits per heavy atom. The number of methoxy groups -OCH3 is 4. The number of amides is 1. The molecule has 0 saturated heterocycles. The highest BCUT2D eigenvalue weighted by Gasteiger charge is 2.29. The van der Waals surface area contributed by atoms with E-state index in [1.807, 2.05) is 0 Å². The van der Waals surface area contributed by atoms with Crippen molar-refractivity contribution in [3.63, 3.8) is 0 Å². The maximum Gasteiger partial charge on any atom is 0.264 e. The Labute approximate surface area is 203 Å². The molecule has 11 heteroatoms. The van der Waals surface area contributed by atoms with Crippen LogP contribution in [0.2, 0.25) is 0 Å². The summed E-state index contributed by atoms with van der Waals surface area (Å²) in [5, 5.41) is 2.64. The SMILES string of the molecule is COc1ccc(NC(=O)CN(c2ccc(F)cc2)S(=O)(=O)c2ccc(OC)c(OC)c2)c(OC)c1. The van der Waals surface area contributed by atoms with Gasteiger partial charge in [-0.3, -0.25) is 9.10 Å². The van der Waals surface area contributed by atoms with E-state index in [-0.39, 0.29) is 16.3 Å². The molecule has 0 radical (unpaired) electrons. The molecule has 3 aromatic carbocycles. The fourth-order valence-corrected chi connectivity index (χ4v) is 4.69. The molecule has 0 saturated carbocycles. The van der Waals surface area contributed by atoms with E-state index in [4.69, 9.17) is 18.9 Å². The fourth-order valence-electron chi connectivity index (χ4n) is 3.25. The number of halogens is 1. The number of nitrogens with zero attached hydrogens (tertiary/aromatic N) is 1. The Morgan fingerprint density at radius 2 is 1.49 bits per heavy atom. The van der Waals surface area contributed by atoms with Gasteiger partial charge in [0.2, 0.25) is 5.91 Å². The molecular weight excluding hydrogens is 479 g/mol. The van der Waals surface area contributed by atoms with Crippen LogP contribution >= 0.6 is 0 Å². The number of rotatable bonds is 10. The van der Waals surface area contributed by atoms with Gasteiger partial charge >= 0.3 is 0 Å². The third kappa shape index (κ3) is 5.75. The molecule has 0 fully saturated rings. The fraction of sp³-hybridized carbons (Fsp3) is 0.208. The largest absolute Gasteiger partial charge is 0.497 e. The topological polar surface area (TPSA) is 103 Å². The van der Waals surface area contributed by atoms with E-state index >= 15 is 0 Å². The highest BCUT2D eigenvalue weighted by atomic mass is 32.2. The number of carbonyl (C=O) groups is 1. The molecule has 1 N–H and O–H groups in total. The van der Waals surface area contributed by atoms with Gasteiger partial charge in [-0.05, 0) is 48.5 Å². The maximum atomic E-state index is 13.6. The van der Waals surface area contributed by atoms with E-state index in [0.29, 0.717) is 22.9 Å². The van der Waals surface area contributed by atoms with Gasteiger partial charge in [0.15, 0.2) is 11.5 Å². The van der Waals surface area contributed by atoms with Crippen molar-refractivity contribution < 1.29 is 36.6 Å². The predicted molar refractivity (Wildman–Crippen MR) is 129 cm³/mol. The summed E-state index contributed by atoms with van der Waals surface area (Å²) in [7, 11) is 1.45. The molecule has 3 rings (SSSR count). The molecule has 0 aliphatic heterocycles. The Hall–Kier alpha value is -3.99. The number of hydrogen-bond donors (Lipinski definition) is 1. The first-order valence-electron chi connectivity index (χ1n) is 10.3. The summed E-state index contributed by atoms with van der Waals surface area (Å²) < 4.78 is 62.4. The van der Waals surface area contributed by atoms with Crippen molar-refractivity contribution in [2.24, 2.45) is 0 Å². The molecule has 9 nitrogen and oxygen atoms in total. The number of carbonyl (C=O) groups excluding carboxylic acids is 1. The summed E-state index contributed by atoms with van der Waals surface area (Å²) in [4.78, 5) is 12.8. The lowest BCUT2D eigenvalue weighted by molar-refractivity contribution is -0.114. The minimum absolute atomic E-state index is 0.0954. The van der Waals surface area contributed by atoms with Crippen molar-refractivity contribution in [1.82, 2.24) is 0 Å². The molecule has 0 aliphatic rings. The first-order chi connectivity index (χ1) is 16.7. The molecule has 0 aliphatic carbocycles. The van der Waals surface area contributed by atoms with Crippen molar-refractivity contribution in [2.75, 3.05) is 44.6 Å². The number of ether oxygens (including phenoxy) is 4. The van der Waals surface area contributed by atoms with E-state index in [1.54, 1.807) is 18.2 Å². The normalized spacial score (nSPS) is 10.9. The van der Waals surface area contributed by atoms with Crippen molar-refractivity contribution in [1.29, 1.82) is 0 Å². The number of sulfonamides is 1. The second-order valence-corrected chi connectivity index (χ2v) is 8.98. The zero-order valence-electron chi connectivity index (χ0n) is 19.6. The Balaban J connectivity index is 1.98. The Bertz CT molecular complexity index is 1300. The molecule has 186 valence electrons. The Kier molecular flexibility index (Phi) is 8.02. The monoisotopic (exact) mass is 504 g/mol. The third-order valence-corrected chi connectivity index (χ3v) is 6.80. The van der Waals surface area contributed by atoms with Crippen LogP contribution in [-0.2, 0) is 14.8 Å². The molecule has 0 aromatic heterocycles. The van der Waals surface area contributed by atoms with Gasteiger partial charge in [-0.1, -0.05) is 0 Å². The van der Waals surface area contributed by atoms with Gasteiger partial charge in [-0.25, -0.2) is 12.8 Å². The van der Waals surface area contributed by atoms with Gasteiger partial charge in [-0.2, -0.15) is 0 Å². The molecular formula is C24H25FN2O7S. The van der Waals surface area contributed by atoms with E-state index in [1.165, 1.54) is 58.8 Å². The Morgan fingerprint density at radius 1 is 0.829 bits per heavy atom. The minimum Gasteiger partial charge on any atom is -0.497 e. The predicted octanol–water partition coefficient (Wildman–Crippen LogP) is 3.69. The molecule has 35 heavy (non-hydrogen) atoms. The van der Waals surface area contributed by atoms with Crippen molar-refractivity contribution in [3.8, 4) is 23.0 Å². The van der Waals surface area contributed by atoms with Crippen LogP contribution in [-0.4, -0.2) is 49.3 Å². The smallest absolute Gasteiger partial charge is 0.264 e. The van der Waals surface area contributed by atoms with Gasteiger partial charge < -0.3 is 24.3 Å². The van der Waals surface area contributed by atoms with Crippen LogP contribution in [0.3, 0.4) is 0 Å². The van der Waals surface area contributed by atoms with E-state index in [9.17, 15) is 17.6 Å². The highest BCUT2D eigenvalue weighted by molar-refractivity contribution is 7.92. The molecule has 3 aromatic rings. The zero-order valence-corrected chi connectivity index (χ0v) is 20.4. The summed E-state index contributed by atoms with van der Waals surface area (Å²) in [6, 6.07) is 13.6. The number of anilines is 2. The molecule has 0 unspecified atom stereocenters. The third-order valence-electron chi connectivity index (χ3n) is 5.03. The van der Waals surface area contributed by atoms with Crippen LogP contribution < -0.4 is 28.6 Å². The van der Waals surface area contributed by atoms with E-state index < -0.39 is 28.3 Å². The molecule has 0 bridgehead atoms. The van der Waals surface area contributed by atoms with E-state index in [2.05, 4.69) is 5.32 Å². The average Bonchev–Trinajstić information content (AvgIpc) is 2.87. The molecule has 0 atom stereocenters. The van der Waals surface area contributed by atoms with Crippen LogP contribution in [0.5, 0.6) is 23.0 Å². The number of nitrogens with one attached hydrogen (secondary N) is 1.